The van der Waals surface area contributed by atoms with Gasteiger partial charge in [-0.25, -0.2) is 4.98 Å². The smallest absolute Gasteiger partial charge is 0.422 e. The highest BCUT2D eigenvalue weighted by Gasteiger charge is 2.28. The number of amides is 2. The zero-order chi connectivity index (χ0) is 22.4. The number of nitrogens with one attached hydrogen (secondary N) is 1. The van der Waals surface area contributed by atoms with E-state index in [-0.39, 0.29) is 23.3 Å². The Balaban J connectivity index is 1.63. The van der Waals surface area contributed by atoms with Crippen molar-refractivity contribution in [3.63, 3.8) is 0 Å². The minimum absolute atomic E-state index is 0.181. The van der Waals surface area contributed by atoms with E-state index in [1.807, 2.05) is 12.1 Å². The van der Waals surface area contributed by atoms with Crippen LogP contribution in [0, 0.1) is 5.92 Å². The molecular formula is C21H23F3N4O3. The largest absolute Gasteiger partial charge is 0.468 e. The molecule has 7 nitrogen and oxygen atoms in total. The van der Waals surface area contributed by atoms with Crippen LogP contribution in [-0.2, 0) is 11.3 Å². The van der Waals surface area contributed by atoms with E-state index < -0.39 is 18.7 Å². The summed E-state index contributed by atoms with van der Waals surface area (Å²) in [5.74, 6) is -1.15. The first-order chi connectivity index (χ1) is 14.7. The number of pyridine rings is 1. The van der Waals surface area contributed by atoms with Gasteiger partial charge in [0.05, 0.1) is 11.5 Å². The average molecular weight is 436 g/mol. The highest BCUT2D eigenvalue weighted by atomic mass is 19.4. The zero-order valence-electron chi connectivity index (χ0n) is 16.7. The van der Waals surface area contributed by atoms with Crippen LogP contribution in [0.1, 0.15) is 28.8 Å². The number of halogens is 3. The molecule has 2 aromatic rings. The van der Waals surface area contributed by atoms with Crippen LogP contribution < -0.4 is 15.8 Å². The van der Waals surface area contributed by atoms with Crippen molar-refractivity contribution in [2.24, 2.45) is 11.7 Å². The number of carbonyl (C=O) groups is 2. The molecule has 1 aromatic heterocycles. The Morgan fingerprint density at radius 2 is 2.00 bits per heavy atom. The molecule has 2 amide bonds. The van der Waals surface area contributed by atoms with Crippen molar-refractivity contribution in [1.29, 1.82) is 0 Å². The number of alkyl halides is 3. The van der Waals surface area contributed by atoms with Gasteiger partial charge in [0.15, 0.2) is 6.61 Å². The lowest BCUT2D eigenvalue weighted by atomic mass is 9.97. The number of ether oxygens (including phenoxy) is 1. The van der Waals surface area contributed by atoms with E-state index in [0.29, 0.717) is 18.8 Å². The molecule has 2 heterocycles. The third kappa shape index (κ3) is 6.68. The van der Waals surface area contributed by atoms with Gasteiger partial charge in [-0.15, -0.1) is 0 Å². The molecule has 166 valence electrons. The van der Waals surface area contributed by atoms with Crippen molar-refractivity contribution in [3.05, 3.63) is 53.7 Å². The van der Waals surface area contributed by atoms with Crippen LogP contribution in [0.25, 0.3) is 0 Å². The molecule has 0 saturated carbocycles. The normalized spacial score (nSPS) is 17.2. The Morgan fingerprint density at radius 3 is 2.68 bits per heavy atom. The summed E-state index contributed by atoms with van der Waals surface area (Å²) >= 11 is 0. The van der Waals surface area contributed by atoms with E-state index in [4.69, 9.17) is 5.73 Å². The molecule has 1 saturated heterocycles. The molecular weight excluding hydrogens is 413 g/mol. The molecule has 10 heteroatoms. The van der Waals surface area contributed by atoms with Gasteiger partial charge < -0.3 is 15.8 Å². The fourth-order valence-corrected chi connectivity index (χ4v) is 3.40. The fourth-order valence-electron chi connectivity index (χ4n) is 3.40. The predicted octanol–water partition coefficient (Wildman–Crippen LogP) is 2.97. The summed E-state index contributed by atoms with van der Waals surface area (Å²) in [6.45, 7) is 0.491. The van der Waals surface area contributed by atoms with E-state index in [1.54, 1.807) is 12.1 Å². The maximum atomic E-state index is 12.6. The van der Waals surface area contributed by atoms with Gasteiger partial charge in [0, 0.05) is 31.0 Å². The Morgan fingerprint density at radius 1 is 1.23 bits per heavy atom. The number of rotatable bonds is 7. The second kappa shape index (κ2) is 9.78. The Kier molecular flexibility index (Phi) is 7.11. The minimum Gasteiger partial charge on any atom is -0.468 e. The fraction of sp³-hybridized carbons (Fsp3) is 0.381. The van der Waals surface area contributed by atoms with Gasteiger partial charge in [0.25, 0.3) is 5.91 Å². The SMILES string of the molecule is NC(=O)C1CCCN(Cc2ccccc2NC(=O)c2ccc(OCC(F)(F)F)nc2)C1. The molecule has 0 aliphatic carbocycles. The van der Waals surface area contributed by atoms with Crippen molar-refractivity contribution in [3.8, 4) is 5.88 Å². The van der Waals surface area contributed by atoms with Crippen molar-refractivity contribution in [2.45, 2.75) is 25.6 Å². The van der Waals surface area contributed by atoms with Crippen LogP contribution in [-0.4, -0.2) is 47.6 Å². The lowest BCUT2D eigenvalue weighted by molar-refractivity contribution is -0.154. The van der Waals surface area contributed by atoms with E-state index in [0.717, 1.165) is 31.1 Å². The molecule has 1 fully saturated rings. The van der Waals surface area contributed by atoms with E-state index >= 15 is 0 Å². The topological polar surface area (TPSA) is 97.6 Å². The Bertz CT molecular complexity index is 919. The maximum absolute atomic E-state index is 12.6. The lowest BCUT2D eigenvalue weighted by Gasteiger charge is -2.31. The number of hydrogen-bond acceptors (Lipinski definition) is 5. The molecule has 1 aromatic carbocycles. The maximum Gasteiger partial charge on any atom is 0.422 e. The van der Waals surface area contributed by atoms with Crippen LogP contribution in [0.15, 0.2) is 42.6 Å². The van der Waals surface area contributed by atoms with Gasteiger partial charge in [0.1, 0.15) is 0 Å². The number of carbonyl (C=O) groups excluding carboxylic acids is 2. The van der Waals surface area contributed by atoms with Gasteiger partial charge in [0.2, 0.25) is 11.8 Å². The van der Waals surface area contributed by atoms with E-state index in [1.165, 1.54) is 12.1 Å². The number of aromatic nitrogens is 1. The summed E-state index contributed by atoms with van der Waals surface area (Å²) in [4.78, 5) is 30.0. The van der Waals surface area contributed by atoms with Crippen molar-refractivity contribution in [1.82, 2.24) is 9.88 Å². The lowest BCUT2D eigenvalue weighted by Crippen LogP contribution is -2.40. The summed E-state index contributed by atoms with van der Waals surface area (Å²) < 4.78 is 41.2. The zero-order valence-corrected chi connectivity index (χ0v) is 16.7. The number of hydrogen-bond donors (Lipinski definition) is 2. The molecule has 1 aliphatic rings. The van der Waals surface area contributed by atoms with Crippen molar-refractivity contribution < 1.29 is 27.5 Å². The molecule has 0 spiro atoms. The number of nitrogens with two attached hydrogens (primary N) is 1. The quantitative estimate of drug-likeness (QED) is 0.696. The molecule has 1 atom stereocenters. The molecule has 1 unspecified atom stereocenters. The van der Waals surface area contributed by atoms with Crippen LogP contribution in [0.2, 0.25) is 0 Å². The van der Waals surface area contributed by atoms with Crippen molar-refractivity contribution >= 4 is 17.5 Å². The number of likely N-dealkylation sites (tertiary alicyclic amines) is 1. The third-order valence-electron chi connectivity index (χ3n) is 4.95. The number of piperidine rings is 1. The molecule has 3 N–H and O–H groups in total. The van der Waals surface area contributed by atoms with Gasteiger partial charge in [-0.1, -0.05) is 18.2 Å². The summed E-state index contributed by atoms with van der Waals surface area (Å²) in [6.07, 6.45) is -1.66. The molecule has 3 rings (SSSR count). The standard InChI is InChI=1S/C21H23F3N4O3/c22-21(23,24)13-31-18-8-7-14(10-26-18)20(30)27-17-6-2-1-4-15(17)11-28-9-3-5-16(12-28)19(25)29/h1-2,4,6-8,10,16H,3,5,9,11-13H2,(H2,25,29)(H,27,30). The second-order valence-corrected chi connectivity index (χ2v) is 7.38. The highest BCUT2D eigenvalue weighted by molar-refractivity contribution is 6.04. The first-order valence-electron chi connectivity index (χ1n) is 9.78. The highest BCUT2D eigenvalue weighted by Crippen LogP contribution is 2.23. The monoisotopic (exact) mass is 436 g/mol. The summed E-state index contributed by atoms with van der Waals surface area (Å²) in [6, 6.07) is 9.85. The van der Waals surface area contributed by atoms with Crippen molar-refractivity contribution in [2.75, 3.05) is 25.0 Å². The van der Waals surface area contributed by atoms with Gasteiger partial charge in [-0.2, -0.15) is 13.2 Å². The first kappa shape index (κ1) is 22.5. The second-order valence-electron chi connectivity index (χ2n) is 7.38. The number of benzene rings is 1. The Labute approximate surface area is 177 Å². The van der Waals surface area contributed by atoms with Crippen LogP contribution in [0.3, 0.4) is 0 Å². The van der Waals surface area contributed by atoms with Crippen LogP contribution in [0.5, 0.6) is 5.88 Å². The average Bonchev–Trinajstić information content (AvgIpc) is 2.73. The number of nitrogens with zero attached hydrogens (tertiary/aromatic N) is 2. The number of primary amides is 1. The van der Waals surface area contributed by atoms with Crippen LogP contribution in [0.4, 0.5) is 18.9 Å². The molecule has 0 bridgehead atoms. The molecule has 0 radical (unpaired) electrons. The van der Waals surface area contributed by atoms with Gasteiger partial charge in [-0.3, -0.25) is 14.5 Å². The Hall–Kier alpha value is -3.14. The summed E-state index contributed by atoms with van der Waals surface area (Å²) in [7, 11) is 0. The molecule has 31 heavy (non-hydrogen) atoms. The van der Waals surface area contributed by atoms with Gasteiger partial charge >= 0.3 is 6.18 Å². The third-order valence-corrected chi connectivity index (χ3v) is 4.95. The van der Waals surface area contributed by atoms with Crippen LogP contribution >= 0.6 is 0 Å². The van der Waals surface area contributed by atoms with E-state index in [9.17, 15) is 22.8 Å². The first-order valence-corrected chi connectivity index (χ1v) is 9.78. The van der Waals surface area contributed by atoms with Gasteiger partial charge in [-0.05, 0) is 37.1 Å². The minimum atomic E-state index is -4.47. The molecule has 1 aliphatic heterocycles. The number of para-hydroxylation sites is 1. The van der Waals surface area contributed by atoms with E-state index in [2.05, 4.69) is 19.9 Å². The summed E-state index contributed by atoms with van der Waals surface area (Å²) in [5.41, 5.74) is 7.10. The number of anilines is 1. The predicted molar refractivity (Wildman–Crippen MR) is 107 cm³/mol. The summed E-state index contributed by atoms with van der Waals surface area (Å²) in [5, 5.41) is 2.81.